The molecule has 2 amide bonds. The van der Waals surface area contributed by atoms with Crippen LogP contribution in [0.25, 0.3) is 10.8 Å². The number of amides is 2. The fraction of sp³-hybridized carbons (Fsp3) is 0.474. The smallest absolute Gasteiger partial charge is 0.272 e. The Morgan fingerprint density at radius 3 is 2.56 bits per heavy atom. The maximum absolute atomic E-state index is 12.8. The van der Waals surface area contributed by atoms with Crippen molar-refractivity contribution in [2.45, 2.75) is 26.3 Å². The van der Waals surface area contributed by atoms with Gasteiger partial charge in [-0.15, -0.1) is 0 Å². The van der Waals surface area contributed by atoms with E-state index in [0.29, 0.717) is 42.8 Å². The van der Waals surface area contributed by atoms with Crippen LogP contribution in [0.15, 0.2) is 29.1 Å². The lowest BCUT2D eigenvalue weighted by atomic mass is 10.0. The monoisotopic (exact) mass is 372 g/mol. The molecule has 0 saturated carbocycles. The molecular weight excluding hydrogens is 348 g/mol. The highest BCUT2D eigenvalue weighted by molar-refractivity contribution is 5.91. The number of morpholine rings is 1. The van der Waals surface area contributed by atoms with Crippen LogP contribution in [-0.2, 0) is 20.7 Å². The van der Waals surface area contributed by atoms with Gasteiger partial charge >= 0.3 is 0 Å². The van der Waals surface area contributed by atoms with Crippen LogP contribution >= 0.6 is 0 Å². The Morgan fingerprint density at radius 1 is 1.22 bits per heavy atom. The van der Waals surface area contributed by atoms with Crippen LogP contribution in [0.3, 0.4) is 0 Å². The maximum Gasteiger partial charge on any atom is 0.272 e. The average Bonchev–Trinajstić information content (AvgIpc) is 2.68. The van der Waals surface area contributed by atoms with Crippen molar-refractivity contribution in [2.75, 3.05) is 26.3 Å². The van der Waals surface area contributed by atoms with Crippen molar-refractivity contribution in [1.29, 1.82) is 0 Å². The highest BCUT2D eigenvalue weighted by atomic mass is 16.5. The molecule has 1 saturated heterocycles. The number of aromatic nitrogens is 2. The summed E-state index contributed by atoms with van der Waals surface area (Å²) in [4.78, 5) is 39.0. The van der Waals surface area contributed by atoms with Crippen molar-refractivity contribution in [3.05, 3.63) is 40.3 Å². The third-order valence-electron chi connectivity index (χ3n) is 4.67. The average molecular weight is 372 g/mol. The standard InChI is InChI=1S/C19H24N4O4/c1-12(2)17(19(26)23-7-9-27-10-8-23)20-16(24)11-15-13-5-3-4-6-14(13)18(25)22-21-15/h3-6,12,17H,7-11H2,1-2H3,(H,20,24)(H,22,25). The summed E-state index contributed by atoms with van der Waals surface area (Å²) < 4.78 is 5.28. The van der Waals surface area contributed by atoms with Gasteiger partial charge in [0.05, 0.1) is 30.7 Å². The van der Waals surface area contributed by atoms with Crippen LogP contribution in [0, 0.1) is 5.92 Å². The van der Waals surface area contributed by atoms with Crippen molar-refractivity contribution < 1.29 is 14.3 Å². The molecule has 1 aliphatic heterocycles. The predicted molar refractivity (Wildman–Crippen MR) is 100 cm³/mol. The van der Waals surface area contributed by atoms with E-state index in [1.165, 1.54) is 0 Å². The van der Waals surface area contributed by atoms with Crippen LogP contribution in [0.1, 0.15) is 19.5 Å². The summed E-state index contributed by atoms with van der Waals surface area (Å²) in [7, 11) is 0. The molecule has 8 heteroatoms. The number of rotatable bonds is 5. The lowest BCUT2D eigenvalue weighted by Crippen LogP contribution is -2.54. The molecule has 2 N–H and O–H groups in total. The van der Waals surface area contributed by atoms with E-state index >= 15 is 0 Å². The summed E-state index contributed by atoms with van der Waals surface area (Å²) in [6.45, 7) is 5.89. The Hall–Kier alpha value is -2.74. The number of nitrogens with one attached hydrogen (secondary N) is 2. The van der Waals surface area contributed by atoms with Crippen LogP contribution in [0.4, 0.5) is 0 Å². The quantitative estimate of drug-likeness (QED) is 0.794. The van der Waals surface area contributed by atoms with Gasteiger partial charge in [0, 0.05) is 18.5 Å². The van der Waals surface area contributed by atoms with Gasteiger partial charge in [-0.25, -0.2) is 5.10 Å². The van der Waals surface area contributed by atoms with Crippen LogP contribution in [0.2, 0.25) is 0 Å². The molecule has 1 aromatic carbocycles. The second-order valence-corrected chi connectivity index (χ2v) is 6.95. The number of H-pyrrole nitrogens is 1. The molecule has 2 aromatic rings. The van der Waals surface area contributed by atoms with Gasteiger partial charge in [-0.2, -0.15) is 5.10 Å². The Balaban J connectivity index is 1.74. The third-order valence-corrected chi connectivity index (χ3v) is 4.67. The van der Waals surface area contributed by atoms with Gasteiger partial charge < -0.3 is 15.0 Å². The van der Waals surface area contributed by atoms with Crippen molar-refractivity contribution in [3.8, 4) is 0 Å². The summed E-state index contributed by atoms with van der Waals surface area (Å²) in [6, 6.07) is 6.40. The number of ether oxygens (including phenoxy) is 1. The molecule has 144 valence electrons. The van der Waals surface area contributed by atoms with Gasteiger partial charge in [0.1, 0.15) is 6.04 Å². The number of aromatic amines is 1. The second-order valence-electron chi connectivity index (χ2n) is 6.95. The molecule has 1 atom stereocenters. The van der Waals surface area contributed by atoms with Crippen LogP contribution < -0.4 is 10.9 Å². The molecule has 0 spiro atoms. The Kier molecular flexibility index (Phi) is 5.85. The van der Waals surface area contributed by atoms with Gasteiger partial charge in [-0.3, -0.25) is 14.4 Å². The Morgan fingerprint density at radius 2 is 1.89 bits per heavy atom. The van der Waals surface area contributed by atoms with E-state index in [-0.39, 0.29) is 29.7 Å². The largest absolute Gasteiger partial charge is 0.378 e. The SMILES string of the molecule is CC(C)C(NC(=O)Cc1n[nH]c(=O)c2ccccc12)C(=O)N1CCOCC1. The number of carbonyl (C=O) groups is 2. The molecule has 1 aliphatic rings. The van der Waals surface area contributed by atoms with E-state index in [1.54, 1.807) is 29.2 Å². The van der Waals surface area contributed by atoms with Gasteiger partial charge in [-0.1, -0.05) is 32.0 Å². The van der Waals surface area contributed by atoms with E-state index in [0.717, 1.165) is 0 Å². The molecule has 27 heavy (non-hydrogen) atoms. The summed E-state index contributed by atoms with van der Waals surface area (Å²) in [5.41, 5.74) is 0.182. The lowest BCUT2D eigenvalue weighted by Gasteiger charge is -2.32. The minimum Gasteiger partial charge on any atom is -0.378 e. The van der Waals surface area contributed by atoms with E-state index in [9.17, 15) is 14.4 Å². The number of hydrogen-bond acceptors (Lipinski definition) is 5. The summed E-state index contributed by atoms with van der Waals surface area (Å²) >= 11 is 0. The molecule has 1 aromatic heterocycles. The predicted octanol–water partition coefficient (Wildman–Crippen LogP) is 0.465. The molecule has 1 fully saturated rings. The zero-order chi connectivity index (χ0) is 19.4. The minimum absolute atomic E-state index is 0.0170. The second kappa shape index (κ2) is 8.30. The number of benzene rings is 1. The number of fused-ring (bicyclic) bond motifs is 1. The topological polar surface area (TPSA) is 104 Å². The van der Waals surface area contributed by atoms with Gasteiger partial charge in [0.25, 0.3) is 5.56 Å². The summed E-state index contributed by atoms with van der Waals surface area (Å²) in [5.74, 6) is -0.453. The molecule has 1 unspecified atom stereocenters. The molecule has 8 nitrogen and oxygen atoms in total. The van der Waals surface area contributed by atoms with E-state index in [1.807, 2.05) is 13.8 Å². The normalized spacial score (nSPS) is 15.7. The van der Waals surface area contributed by atoms with Gasteiger partial charge in [0.15, 0.2) is 0 Å². The Labute approximate surface area is 156 Å². The molecular formula is C19H24N4O4. The maximum atomic E-state index is 12.8. The van der Waals surface area contributed by atoms with Crippen molar-refractivity contribution in [2.24, 2.45) is 5.92 Å². The molecule has 0 aliphatic carbocycles. The van der Waals surface area contributed by atoms with Crippen molar-refractivity contribution >= 4 is 22.6 Å². The lowest BCUT2D eigenvalue weighted by molar-refractivity contribution is -0.141. The van der Waals surface area contributed by atoms with Crippen LogP contribution in [0.5, 0.6) is 0 Å². The minimum atomic E-state index is -0.607. The van der Waals surface area contributed by atoms with Gasteiger partial charge in [0.2, 0.25) is 11.8 Å². The first-order valence-electron chi connectivity index (χ1n) is 9.09. The number of carbonyl (C=O) groups excluding carboxylic acids is 2. The third kappa shape index (κ3) is 4.33. The van der Waals surface area contributed by atoms with Crippen molar-refractivity contribution in [3.63, 3.8) is 0 Å². The van der Waals surface area contributed by atoms with Crippen molar-refractivity contribution in [1.82, 2.24) is 20.4 Å². The first kappa shape index (κ1) is 19.0. The highest BCUT2D eigenvalue weighted by Crippen LogP contribution is 2.14. The first-order valence-corrected chi connectivity index (χ1v) is 9.09. The number of nitrogens with zero attached hydrogens (tertiary/aromatic N) is 2. The van der Waals surface area contributed by atoms with Gasteiger partial charge in [-0.05, 0) is 12.0 Å². The first-order chi connectivity index (χ1) is 13.0. The van der Waals surface area contributed by atoms with E-state index < -0.39 is 6.04 Å². The zero-order valence-corrected chi connectivity index (χ0v) is 15.5. The van der Waals surface area contributed by atoms with E-state index in [4.69, 9.17) is 4.74 Å². The van der Waals surface area contributed by atoms with E-state index in [2.05, 4.69) is 15.5 Å². The molecule has 3 rings (SSSR count). The zero-order valence-electron chi connectivity index (χ0n) is 15.5. The fourth-order valence-corrected chi connectivity index (χ4v) is 3.18. The molecule has 0 bridgehead atoms. The number of hydrogen-bond donors (Lipinski definition) is 2. The summed E-state index contributed by atoms with van der Waals surface area (Å²) in [5, 5.41) is 10.4. The van der Waals surface area contributed by atoms with Crippen LogP contribution in [-0.4, -0.2) is 59.3 Å². The molecule has 2 heterocycles. The Bertz CT molecular complexity index is 887. The highest BCUT2D eigenvalue weighted by Gasteiger charge is 2.29. The summed E-state index contributed by atoms with van der Waals surface area (Å²) in [6.07, 6.45) is -0.0170. The fourth-order valence-electron chi connectivity index (χ4n) is 3.18. The molecule has 0 radical (unpaired) electrons.